The van der Waals surface area contributed by atoms with Crippen molar-refractivity contribution in [3.8, 4) is 11.1 Å². The number of rotatable bonds is 2. The molecular formula is C16H12O2. The molecule has 0 saturated carbocycles. The Hall–Kier alpha value is -2.35. The van der Waals surface area contributed by atoms with E-state index in [1.165, 1.54) is 0 Å². The highest BCUT2D eigenvalue weighted by Gasteiger charge is 2.14. The molecule has 0 N–H and O–H groups in total. The van der Waals surface area contributed by atoms with E-state index in [-0.39, 0.29) is 0 Å². The summed E-state index contributed by atoms with van der Waals surface area (Å²) in [5.41, 5.74) is 3.44. The largest absolute Gasteiger partial charge is 0.460 e. The first kappa shape index (κ1) is 10.8. The maximum atomic E-state index is 11.0. The minimum Gasteiger partial charge on any atom is -0.460 e. The Morgan fingerprint density at radius 2 is 1.78 bits per heavy atom. The molecule has 0 atom stereocenters. The molecule has 0 amide bonds. The van der Waals surface area contributed by atoms with E-state index >= 15 is 0 Å². The van der Waals surface area contributed by atoms with Gasteiger partial charge in [-0.2, -0.15) is 0 Å². The number of aldehydes is 1. The SMILES string of the molecule is Cc1oc2c(C=O)cccc2c1-c1ccccc1. The number of aryl methyl sites for hydroxylation is 1. The van der Waals surface area contributed by atoms with E-state index in [0.29, 0.717) is 11.1 Å². The lowest BCUT2D eigenvalue weighted by molar-refractivity contribution is 0.112. The molecule has 0 saturated heterocycles. The molecular weight excluding hydrogens is 224 g/mol. The van der Waals surface area contributed by atoms with Gasteiger partial charge < -0.3 is 4.42 Å². The summed E-state index contributed by atoms with van der Waals surface area (Å²) in [7, 11) is 0. The second-order valence-electron chi connectivity index (χ2n) is 4.24. The second-order valence-corrected chi connectivity index (χ2v) is 4.24. The van der Waals surface area contributed by atoms with Crippen LogP contribution in [0.5, 0.6) is 0 Å². The lowest BCUT2D eigenvalue weighted by Crippen LogP contribution is -1.80. The minimum atomic E-state index is 0.595. The maximum Gasteiger partial charge on any atom is 0.153 e. The van der Waals surface area contributed by atoms with Crippen LogP contribution in [0, 0.1) is 6.92 Å². The number of hydrogen-bond acceptors (Lipinski definition) is 2. The molecule has 2 nitrogen and oxygen atoms in total. The number of benzene rings is 2. The molecule has 0 aliphatic carbocycles. The van der Waals surface area contributed by atoms with Crippen LogP contribution in [0.3, 0.4) is 0 Å². The predicted molar refractivity (Wildman–Crippen MR) is 71.8 cm³/mol. The third-order valence-corrected chi connectivity index (χ3v) is 3.11. The Bertz CT molecular complexity index is 709. The smallest absolute Gasteiger partial charge is 0.153 e. The number of carbonyl (C=O) groups excluding carboxylic acids is 1. The fourth-order valence-corrected chi connectivity index (χ4v) is 2.32. The molecule has 0 fully saturated rings. The van der Waals surface area contributed by atoms with Crippen LogP contribution in [0.2, 0.25) is 0 Å². The summed E-state index contributed by atoms with van der Waals surface area (Å²) < 4.78 is 5.74. The van der Waals surface area contributed by atoms with E-state index < -0.39 is 0 Å². The van der Waals surface area contributed by atoms with E-state index in [9.17, 15) is 4.79 Å². The van der Waals surface area contributed by atoms with Gasteiger partial charge in [0.05, 0.1) is 5.56 Å². The molecule has 88 valence electrons. The molecule has 2 aromatic carbocycles. The third kappa shape index (κ3) is 1.54. The van der Waals surface area contributed by atoms with E-state index in [1.807, 2.05) is 49.4 Å². The Morgan fingerprint density at radius 3 is 2.50 bits per heavy atom. The molecule has 0 spiro atoms. The molecule has 0 unspecified atom stereocenters. The quantitative estimate of drug-likeness (QED) is 0.623. The van der Waals surface area contributed by atoms with Gasteiger partial charge in [-0.15, -0.1) is 0 Å². The standard InChI is InChI=1S/C16H12O2/c1-11-15(12-6-3-2-4-7-12)14-9-5-8-13(10-17)16(14)18-11/h2-10H,1H3. The van der Waals surface area contributed by atoms with Crippen molar-refractivity contribution < 1.29 is 9.21 Å². The van der Waals surface area contributed by atoms with Crippen LogP contribution in [-0.2, 0) is 0 Å². The van der Waals surface area contributed by atoms with Crippen molar-refractivity contribution >= 4 is 17.3 Å². The first-order valence-corrected chi connectivity index (χ1v) is 5.84. The summed E-state index contributed by atoms with van der Waals surface area (Å²) in [4.78, 5) is 11.0. The van der Waals surface area contributed by atoms with Crippen molar-refractivity contribution in [3.63, 3.8) is 0 Å². The van der Waals surface area contributed by atoms with Gasteiger partial charge in [-0.05, 0) is 18.6 Å². The zero-order chi connectivity index (χ0) is 12.5. The highest BCUT2D eigenvalue weighted by Crippen LogP contribution is 2.35. The highest BCUT2D eigenvalue weighted by atomic mass is 16.3. The summed E-state index contributed by atoms with van der Waals surface area (Å²) >= 11 is 0. The molecule has 18 heavy (non-hydrogen) atoms. The average molecular weight is 236 g/mol. The second kappa shape index (κ2) is 4.15. The number of hydrogen-bond donors (Lipinski definition) is 0. The van der Waals surface area contributed by atoms with Gasteiger partial charge in [-0.1, -0.05) is 42.5 Å². The number of fused-ring (bicyclic) bond motifs is 1. The number of para-hydroxylation sites is 1. The van der Waals surface area contributed by atoms with Crippen LogP contribution in [-0.4, -0.2) is 6.29 Å². The number of carbonyl (C=O) groups is 1. The van der Waals surface area contributed by atoms with Crippen molar-refractivity contribution in [3.05, 3.63) is 59.9 Å². The van der Waals surface area contributed by atoms with Gasteiger partial charge in [0.25, 0.3) is 0 Å². The Morgan fingerprint density at radius 1 is 1.00 bits per heavy atom. The zero-order valence-corrected chi connectivity index (χ0v) is 10.0. The topological polar surface area (TPSA) is 30.2 Å². The Kier molecular flexibility index (Phi) is 2.49. The monoisotopic (exact) mass is 236 g/mol. The van der Waals surface area contributed by atoms with Gasteiger partial charge in [0, 0.05) is 10.9 Å². The van der Waals surface area contributed by atoms with Gasteiger partial charge in [-0.25, -0.2) is 0 Å². The van der Waals surface area contributed by atoms with Gasteiger partial charge >= 0.3 is 0 Å². The third-order valence-electron chi connectivity index (χ3n) is 3.11. The maximum absolute atomic E-state index is 11.0. The van der Waals surface area contributed by atoms with E-state index in [1.54, 1.807) is 6.07 Å². The Labute approximate surface area is 105 Å². The zero-order valence-electron chi connectivity index (χ0n) is 10.0. The molecule has 1 aromatic heterocycles. The summed E-state index contributed by atoms with van der Waals surface area (Å²) in [5, 5.41) is 0.989. The van der Waals surface area contributed by atoms with Crippen LogP contribution in [0.4, 0.5) is 0 Å². The van der Waals surface area contributed by atoms with Crippen molar-refractivity contribution in [2.45, 2.75) is 6.92 Å². The summed E-state index contributed by atoms with van der Waals surface area (Å²) in [6.45, 7) is 1.93. The van der Waals surface area contributed by atoms with E-state index in [2.05, 4.69) is 0 Å². The van der Waals surface area contributed by atoms with Crippen LogP contribution in [0.1, 0.15) is 16.1 Å². The lowest BCUT2D eigenvalue weighted by atomic mass is 10.0. The van der Waals surface area contributed by atoms with E-state index in [4.69, 9.17) is 4.42 Å². The molecule has 0 aliphatic rings. The number of furan rings is 1. The minimum absolute atomic E-state index is 0.595. The average Bonchev–Trinajstić information content (AvgIpc) is 2.75. The molecule has 2 heteroatoms. The van der Waals surface area contributed by atoms with E-state index in [0.717, 1.165) is 28.6 Å². The summed E-state index contributed by atoms with van der Waals surface area (Å²) in [5.74, 6) is 0.838. The van der Waals surface area contributed by atoms with Gasteiger partial charge in [0.2, 0.25) is 0 Å². The molecule has 1 heterocycles. The van der Waals surface area contributed by atoms with Crippen LogP contribution < -0.4 is 0 Å². The molecule has 3 aromatic rings. The Balaban J connectivity index is 2.37. The van der Waals surface area contributed by atoms with Crippen molar-refractivity contribution in [1.82, 2.24) is 0 Å². The van der Waals surface area contributed by atoms with Crippen molar-refractivity contribution in [1.29, 1.82) is 0 Å². The summed E-state index contributed by atoms with van der Waals surface area (Å²) in [6.07, 6.45) is 0.833. The molecule has 0 aliphatic heterocycles. The summed E-state index contributed by atoms with van der Waals surface area (Å²) in [6, 6.07) is 15.7. The fraction of sp³-hybridized carbons (Fsp3) is 0.0625. The highest BCUT2D eigenvalue weighted by molar-refractivity contribution is 6.02. The molecule has 3 rings (SSSR count). The van der Waals surface area contributed by atoms with Crippen LogP contribution >= 0.6 is 0 Å². The predicted octanol–water partition coefficient (Wildman–Crippen LogP) is 4.22. The fourth-order valence-electron chi connectivity index (χ4n) is 2.32. The van der Waals surface area contributed by atoms with Gasteiger partial charge in [-0.3, -0.25) is 4.79 Å². The first-order valence-electron chi connectivity index (χ1n) is 5.84. The van der Waals surface area contributed by atoms with Crippen molar-refractivity contribution in [2.75, 3.05) is 0 Å². The molecule has 0 radical (unpaired) electrons. The molecule has 0 bridgehead atoms. The van der Waals surface area contributed by atoms with Crippen LogP contribution in [0.25, 0.3) is 22.1 Å². The van der Waals surface area contributed by atoms with Crippen LogP contribution in [0.15, 0.2) is 52.9 Å². The first-order chi connectivity index (χ1) is 8.81. The normalized spacial score (nSPS) is 10.7. The van der Waals surface area contributed by atoms with Crippen molar-refractivity contribution in [2.24, 2.45) is 0 Å². The lowest BCUT2D eigenvalue weighted by Gasteiger charge is -1.99. The van der Waals surface area contributed by atoms with Gasteiger partial charge in [0.1, 0.15) is 11.3 Å². The van der Waals surface area contributed by atoms with Gasteiger partial charge in [0.15, 0.2) is 6.29 Å².